The van der Waals surface area contributed by atoms with E-state index in [0.29, 0.717) is 11.6 Å². The Hall–Kier alpha value is -1.81. The largest absolute Gasteiger partial charge is 0.497 e. The normalized spacial score (nSPS) is 10.0. The molecule has 1 heterocycles. The molecule has 0 fully saturated rings. The van der Waals surface area contributed by atoms with E-state index in [2.05, 4.69) is 15.3 Å². The fraction of sp³-hybridized carbons (Fsp3) is 0.167. The van der Waals surface area contributed by atoms with E-state index in [4.69, 9.17) is 16.3 Å². The third-order valence-electron chi connectivity index (χ3n) is 2.25. The van der Waals surface area contributed by atoms with Gasteiger partial charge >= 0.3 is 0 Å². The van der Waals surface area contributed by atoms with E-state index in [0.717, 1.165) is 17.1 Å². The molecule has 0 aliphatic carbocycles. The van der Waals surface area contributed by atoms with Crippen LogP contribution in [0.1, 0.15) is 5.69 Å². The minimum Gasteiger partial charge on any atom is -0.497 e. The van der Waals surface area contributed by atoms with E-state index < -0.39 is 0 Å². The zero-order chi connectivity index (χ0) is 12.1. The molecule has 0 radical (unpaired) electrons. The average Bonchev–Trinajstić information content (AvgIpc) is 2.39. The van der Waals surface area contributed by atoms with Gasteiger partial charge in [-0.1, -0.05) is 11.6 Å². The van der Waals surface area contributed by atoms with Crippen molar-refractivity contribution in [1.82, 2.24) is 9.97 Å². The van der Waals surface area contributed by atoms with Gasteiger partial charge in [-0.2, -0.15) is 0 Å². The summed E-state index contributed by atoms with van der Waals surface area (Å²) in [5.41, 5.74) is 1.67. The van der Waals surface area contributed by atoms with Gasteiger partial charge in [0.1, 0.15) is 5.75 Å². The molecule has 2 aromatic rings. The predicted octanol–water partition coefficient (Wildman–Crippen LogP) is 2.75. The van der Waals surface area contributed by atoms with Crippen molar-refractivity contribution in [3.8, 4) is 5.75 Å². The molecule has 1 aromatic heterocycles. The molecule has 0 bridgehead atoms. The van der Waals surface area contributed by atoms with Crippen LogP contribution in [0.3, 0.4) is 0 Å². The SMILES string of the molecule is COc1ccc(Cl)c(NCc2cnccn2)c1. The number of aromatic nitrogens is 2. The lowest BCUT2D eigenvalue weighted by molar-refractivity contribution is 0.415. The van der Waals surface area contributed by atoms with Crippen molar-refractivity contribution in [3.63, 3.8) is 0 Å². The minimum atomic E-state index is 0.570. The first-order valence-corrected chi connectivity index (χ1v) is 5.49. The number of ether oxygens (including phenoxy) is 1. The molecule has 0 saturated carbocycles. The molecule has 0 aliphatic heterocycles. The molecule has 0 atom stereocenters. The molecular weight excluding hydrogens is 238 g/mol. The summed E-state index contributed by atoms with van der Waals surface area (Å²) in [5, 5.41) is 3.84. The minimum absolute atomic E-state index is 0.570. The van der Waals surface area contributed by atoms with E-state index >= 15 is 0 Å². The molecular formula is C12H12ClN3O. The maximum absolute atomic E-state index is 6.07. The molecule has 4 nitrogen and oxygen atoms in total. The molecule has 2 rings (SSSR count). The molecule has 0 spiro atoms. The van der Waals surface area contributed by atoms with Gasteiger partial charge in [0.05, 0.1) is 36.3 Å². The van der Waals surface area contributed by atoms with Crippen molar-refractivity contribution >= 4 is 17.3 Å². The Labute approximate surface area is 105 Å². The third kappa shape index (κ3) is 3.07. The maximum Gasteiger partial charge on any atom is 0.121 e. The Morgan fingerprint density at radius 3 is 2.94 bits per heavy atom. The van der Waals surface area contributed by atoms with Gasteiger partial charge in [0.2, 0.25) is 0 Å². The van der Waals surface area contributed by atoms with Gasteiger partial charge in [0.15, 0.2) is 0 Å². The number of rotatable bonds is 4. The second kappa shape index (κ2) is 5.50. The number of nitrogens with one attached hydrogen (secondary N) is 1. The van der Waals surface area contributed by atoms with Crippen molar-refractivity contribution in [2.45, 2.75) is 6.54 Å². The summed E-state index contributed by atoms with van der Waals surface area (Å²) in [7, 11) is 1.62. The van der Waals surface area contributed by atoms with Gasteiger partial charge in [-0.05, 0) is 12.1 Å². The van der Waals surface area contributed by atoms with Crippen LogP contribution in [0.25, 0.3) is 0 Å². The number of hydrogen-bond acceptors (Lipinski definition) is 4. The number of halogens is 1. The Kier molecular flexibility index (Phi) is 3.77. The quantitative estimate of drug-likeness (QED) is 0.905. The highest BCUT2D eigenvalue weighted by Crippen LogP contribution is 2.26. The molecule has 1 N–H and O–H groups in total. The average molecular weight is 250 g/mol. The van der Waals surface area contributed by atoms with Gasteiger partial charge in [0, 0.05) is 18.5 Å². The lowest BCUT2D eigenvalue weighted by atomic mass is 10.3. The topological polar surface area (TPSA) is 47.0 Å². The number of benzene rings is 1. The Balaban J connectivity index is 2.08. The molecule has 5 heteroatoms. The maximum atomic E-state index is 6.07. The molecule has 0 amide bonds. The Morgan fingerprint density at radius 1 is 1.35 bits per heavy atom. The highest BCUT2D eigenvalue weighted by atomic mass is 35.5. The summed E-state index contributed by atoms with van der Waals surface area (Å²) in [6.07, 6.45) is 5.01. The monoisotopic (exact) mass is 249 g/mol. The van der Waals surface area contributed by atoms with Gasteiger partial charge in [-0.15, -0.1) is 0 Å². The number of methoxy groups -OCH3 is 1. The van der Waals surface area contributed by atoms with Gasteiger partial charge in [-0.3, -0.25) is 9.97 Å². The van der Waals surface area contributed by atoms with E-state index in [-0.39, 0.29) is 0 Å². The van der Waals surface area contributed by atoms with Crippen molar-refractivity contribution in [3.05, 3.63) is 47.5 Å². The van der Waals surface area contributed by atoms with Crippen LogP contribution >= 0.6 is 11.6 Å². The fourth-order valence-electron chi connectivity index (χ4n) is 1.37. The smallest absolute Gasteiger partial charge is 0.121 e. The number of anilines is 1. The summed E-state index contributed by atoms with van der Waals surface area (Å²) in [6.45, 7) is 0.570. The number of nitrogens with zero attached hydrogens (tertiary/aromatic N) is 2. The number of hydrogen-bond donors (Lipinski definition) is 1. The molecule has 17 heavy (non-hydrogen) atoms. The van der Waals surface area contributed by atoms with Crippen LogP contribution in [0.2, 0.25) is 5.02 Å². The van der Waals surface area contributed by atoms with Crippen LogP contribution in [0, 0.1) is 0 Å². The highest BCUT2D eigenvalue weighted by molar-refractivity contribution is 6.33. The van der Waals surface area contributed by atoms with Crippen LogP contribution in [-0.2, 0) is 6.54 Å². The van der Waals surface area contributed by atoms with E-state index in [1.807, 2.05) is 12.1 Å². The summed E-state index contributed by atoms with van der Waals surface area (Å²) in [6, 6.07) is 5.45. The van der Waals surface area contributed by atoms with Gasteiger partial charge in [0.25, 0.3) is 0 Å². The zero-order valence-electron chi connectivity index (χ0n) is 9.35. The zero-order valence-corrected chi connectivity index (χ0v) is 10.1. The summed E-state index contributed by atoms with van der Waals surface area (Å²) in [4.78, 5) is 8.16. The van der Waals surface area contributed by atoms with Crippen molar-refractivity contribution in [2.24, 2.45) is 0 Å². The van der Waals surface area contributed by atoms with E-state index in [1.54, 1.807) is 31.8 Å². The first-order chi connectivity index (χ1) is 8.29. The van der Waals surface area contributed by atoms with E-state index in [9.17, 15) is 0 Å². The van der Waals surface area contributed by atoms with Crippen LogP contribution in [0.4, 0.5) is 5.69 Å². The first kappa shape index (κ1) is 11.7. The third-order valence-corrected chi connectivity index (χ3v) is 2.58. The lowest BCUT2D eigenvalue weighted by Gasteiger charge is -2.09. The van der Waals surface area contributed by atoms with Crippen molar-refractivity contribution < 1.29 is 4.74 Å². The summed E-state index contributed by atoms with van der Waals surface area (Å²) >= 11 is 6.07. The summed E-state index contributed by atoms with van der Waals surface area (Å²) < 4.78 is 5.14. The molecule has 88 valence electrons. The first-order valence-electron chi connectivity index (χ1n) is 5.12. The second-order valence-electron chi connectivity index (χ2n) is 3.40. The Morgan fingerprint density at radius 2 is 2.24 bits per heavy atom. The van der Waals surface area contributed by atoms with Crippen LogP contribution < -0.4 is 10.1 Å². The molecule has 0 unspecified atom stereocenters. The Bertz CT molecular complexity index is 490. The molecule has 0 saturated heterocycles. The standard InChI is InChI=1S/C12H12ClN3O/c1-17-10-2-3-11(13)12(6-10)16-8-9-7-14-4-5-15-9/h2-7,16H,8H2,1H3. The van der Waals surface area contributed by atoms with Crippen molar-refractivity contribution in [2.75, 3.05) is 12.4 Å². The second-order valence-corrected chi connectivity index (χ2v) is 3.80. The van der Waals surface area contributed by atoms with Gasteiger partial charge in [-0.25, -0.2) is 0 Å². The van der Waals surface area contributed by atoms with E-state index in [1.165, 1.54) is 0 Å². The van der Waals surface area contributed by atoms with Crippen molar-refractivity contribution in [1.29, 1.82) is 0 Å². The molecule has 0 aliphatic rings. The summed E-state index contributed by atoms with van der Waals surface area (Å²) in [5.74, 6) is 0.760. The predicted molar refractivity (Wildman–Crippen MR) is 67.4 cm³/mol. The highest BCUT2D eigenvalue weighted by Gasteiger charge is 2.02. The van der Waals surface area contributed by atoms with Gasteiger partial charge < -0.3 is 10.1 Å². The lowest BCUT2D eigenvalue weighted by Crippen LogP contribution is -2.02. The molecule has 1 aromatic carbocycles. The van der Waals surface area contributed by atoms with Crippen LogP contribution in [0.15, 0.2) is 36.8 Å². The van der Waals surface area contributed by atoms with Crippen LogP contribution in [0.5, 0.6) is 5.75 Å². The fourth-order valence-corrected chi connectivity index (χ4v) is 1.56. The van der Waals surface area contributed by atoms with Crippen LogP contribution in [-0.4, -0.2) is 17.1 Å².